The van der Waals surface area contributed by atoms with E-state index in [1.807, 2.05) is 24.3 Å². The lowest BCUT2D eigenvalue weighted by Gasteiger charge is -2.21. The first-order valence-corrected chi connectivity index (χ1v) is 7.80. The van der Waals surface area contributed by atoms with Gasteiger partial charge in [0.05, 0.1) is 5.56 Å². The molecule has 0 spiro atoms. The monoisotopic (exact) mass is 290 g/mol. The predicted molar refractivity (Wildman–Crippen MR) is 85.1 cm³/mol. The van der Waals surface area contributed by atoms with Crippen molar-refractivity contribution in [3.05, 3.63) is 29.8 Å². The van der Waals surface area contributed by atoms with Crippen LogP contribution in [0.4, 0.5) is 0 Å². The standard InChI is InChI=1S/C17H26N2O2/c1-15(20)16-7-3-4-8-17(16)21-14-13-18(2)11-12-19-9-5-6-10-19/h3-4,7-8H,5-6,9-14H2,1-2H3. The number of likely N-dealkylation sites (N-methyl/N-ethyl adjacent to an activating group) is 1. The van der Waals surface area contributed by atoms with Crippen LogP contribution in [-0.2, 0) is 0 Å². The highest BCUT2D eigenvalue weighted by Crippen LogP contribution is 2.18. The van der Waals surface area contributed by atoms with E-state index in [9.17, 15) is 4.79 Å². The summed E-state index contributed by atoms with van der Waals surface area (Å²) in [5.74, 6) is 0.742. The smallest absolute Gasteiger partial charge is 0.163 e. The van der Waals surface area contributed by atoms with Gasteiger partial charge < -0.3 is 14.5 Å². The van der Waals surface area contributed by atoms with Gasteiger partial charge in [0.2, 0.25) is 0 Å². The molecule has 0 unspecified atom stereocenters. The number of carbonyl (C=O) groups is 1. The molecular weight excluding hydrogens is 264 g/mol. The van der Waals surface area contributed by atoms with Crippen LogP contribution in [0.2, 0.25) is 0 Å². The van der Waals surface area contributed by atoms with Gasteiger partial charge in [-0.15, -0.1) is 0 Å². The molecule has 0 aliphatic carbocycles. The summed E-state index contributed by atoms with van der Waals surface area (Å²) in [5.41, 5.74) is 0.664. The number of ether oxygens (including phenoxy) is 1. The molecule has 2 rings (SSSR count). The zero-order chi connectivity index (χ0) is 15.1. The van der Waals surface area contributed by atoms with E-state index in [1.54, 1.807) is 6.92 Å². The summed E-state index contributed by atoms with van der Waals surface area (Å²) in [7, 11) is 2.12. The van der Waals surface area contributed by atoms with Crippen LogP contribution in [0.3, 0.4) is 0 Å². The molecule has 4 nitrogen and oxygen atoms in total. The molecule has 1 saturated heterocycles. The maximum Gasteiger partial charge on any atom is 0.163 e. The van der Waals surface area contributed by atoms with Gasteiger partial charge in [-0.05, 0) is 52.0 Å². The third kappa shape index (κ3) is 5.14. The van der Waals surface area contributed by atoms with Gasteiger partial charge in [0.25, 0.3) is 0 Å². The van der Waals surface area contributed by atoms with E-state index >= 15 is 0 Å². The van der Waals surface area contributed by atoms with Gasteiger partial charge >= 0.3 is 0 Å². The van der Waals surface area contributed by atoms with Crippen LogP contribution in [0.5, 0.6) is 5.75 Å². The summed E-state index contributed by atoms with van der Waals surface area (Å²) in [6, 6.07) is 7.44. The van der Waals surface area contributed by atoms with Crippen molar-refractivity contribution in [2.24, 2.45) is 0 Å². The van der Waals surface area contributed by atoms with E-state index in [4.69, 9.17) is 4.74 Å². The normalized spacial score (nSPS) is 15.6. The van der Waals surface area contributed by atoms with Crippen LogP contribution in [0.25, 0.3) is 0 Å². The topological polar surface area (TPSA) is 32.8 Å². The lowest BCUT2D eigenvalue weighted by atomic mass is 10.1. The molecule has 21 heavy (non-hydrogen) atoms. The van der Waals surface area contributed by atoms with Crippen molar-refractivity contribution in [1.82, 2.24) is 9.80 Å². The Balaban J connectivity index is 1.69. The molecule has 1 aromatic carbocycles. The molecule has 4 heteroatoms. The van der Waals surface area contributed by atoms with Crippen LogP contribution < -0.4 is 4.74 Å². The summed E-state index contributed by atoms with van der Waals surface area (Å²) >= 11 is 0. The first-order valence-electron chi connectivity index (χ1n) is 7.80. The summed E-state index contributed by atoms with van der Waals surface area (Å²) in [6.45, 7) is 7.76. The fourth-order valence-corrected chi connectivity index (χ4v) is 2.62. The Bertz CT molecular complexity index is 456. The van der Waals surface area contributed by atoms with Gasteiger partial charge in [0.15, 0.2) is 5.78 Å². The zero-order valence-corrected chi connectivity index (χ0v) is 13.2. The third-order valence-electron chi connectivity index (χ3n) is 3.99. The molecule has 1 fully saturated rings. The Morgan fingerprint density at radius 1 is 1.24 bits per heavy atom. The maximum atomic E-state index is 11.5. The van der Waals surface area contributed by atoms with Crippen LogP contribution in [0, 0.1) is 0 Å². The van der Waals surface area contributed by atoms with Crippen LogP contribution in [-0.4, -0.2) is 62.0 Å². The van der Waals surface area contributed by atoms with Crippen molar-refractivity contribution in [3.8, 4) is 5.75 Å². The van der Waals surface area contributed by atoms with E-state index in [1.165, 1.54) is 25.9 Å². The fraction of sp³-hybridized carbons (Fsp3) is 0.588. The van der Waals surface area contributed by atoms with Crippen LogP contribution in [0.15, 0.2) is 24.3 Å². The van der Waals surface area contributed by atoms with Crippen molar-refractivity contribution < 1.29 is 9.53 Å². The van der Waals surface area contributed by atoms with Crippen molar-refractivity contribution in [1.29, 1.82) is 0 Å². The Kier molecular flexibility index (Phi) is 6.21. The number of Topliss-reactive ketones (excluding diaryl/α,β-unsaturated/α-hetero) is 1. The molecule has 0 atom stereocenters. The number of hydrogen-bond donors (Lipinski definition) is 0. The second-order valence-corrected chi connectivity index (χ2v) is 5.75. The van der Waals surface area contributed by atoms with Crippen molar-refractivity contribution >= 4 is 5.78 Å². The second-order valence-electron chi connectivity index (χ2n) is 5.75. The van der Waals surface area contributed by atoms with Crippen LogP contribution >= 0.6 is 0 Å². The van der Waals surface area contributed by atoms with Crippen LogP contribution in [0.1, 0.15) is 30.1 Å². The largest absolute Gasteiger partial charge is 0.491 e. The van der Waals surface area contributed by atoms with E-state index in [-0.39, 0.29) is 5.78 Å². The molecule has 0 saturated carbocycles. The average Bonchev–Trinajstić information content (AvgIpc) is 2.99. The number of nitrogens with zero attached hydrogens (tertiary/aromatic N) is 2. The third-order valence-corrected chi connectivity index (χ3v) is 3.99. The highest BCUT2D eigenvalue weighted by molar-refractivity contribution is 5.96. The molecule has 1 aliphatic heterocycles. The molecule has 1 heterocycles. The Morgan fingerprint density at radius 3 is 2.67 bits per heavy atom. The summed E-state index contributed by atoms with van der Waals surface area (Å²) in [5, 5.41) is 0. The zero-order valence-electron chi connectivity index (χ0n) is 13.2. The van der Waals surface area contributed by atoms with Gasteiger partial charge in [-0.1, -0.05) is 12.1 Å². The SMILES string of the molecule is CC(=O)c1ccccc1OCCN(C)CCN1CCCC1. The Hall–Kier alpha value is -1.39. The number of para-hydroxylation sites is 1. The van der Waals surface area contributed by atoms with E-state index in [0.29, 0.717) is 17.9 Å². The quantitative estimate of drug-likeness (QED) is 0.688. The number of ketones is 1. The summed E-state index contributed by atoms with van der Waals surface area (Å²) < 4.78 is 5.76. The minimum atomic E-state index is 0.0491. The van der Waals surface area contributed by atoms with Gasteiger partial charge in [0, 0.05) is 19.6 Å². The molecule has 0 amide bonds. The molecule has 116 valence electrons. The van der Waals surface area contributed by atoms with Gasteiger partial charge in [0.1, 0.15) is 12.4 Å². The Morgan fingerprint density at radius 2 is 1.95 bits per heavy atom. The molecule has 0 aromatic heterocycles. The summed E-state index contributed by atoms with van der Waals surface area (Å²) in [4.78, 5) is 16.3. The fourth-order valence-electron chi connectivity index (χ4n) is 2.62. The minimum Gasteiger partial charge on any atom is -0.491 e. The second kappa shape index (κ2) is 8.15. The molecule has 0 radical (unpaired) electrons. The van der Waals surface area contributed by atoms with E-state index < -0.39 is 0 Å². The van der Waals surface area contributed by atoms with Crippen molar-refractivity contribution in [2.45, 2.75) is 19.8 Å². The van der Waals surface area contributed by atoms with Crippen molar-refractivity contribution in [2.75, 3.05) is 46.4 Å². The summed E-state index contributed by atoms with van der Waals surface area (Å²) in [6.07, 6.45) is 2.68. The lowest BCUT2D eigenvalue weighted by Crippen LogP contribution is -2.33. The first kappa shape index (κ1) is 16.0. The Labute approximate surface area is 127 Å². The highest BCUT2D eigenvalue weighted by Gasteiger charge is 2.12. The molecule has 0 bridgehead atoms. The minimum absolute atomic E-state index is 0.0491. The van der Waals surface area contributed by atoms with Gasteiger partial charge in [-0.2, -0.15) is 0 Å². The maximum absolute atomic E-state index is 11.5. The molecule has 1 aromatic rings. The van der Waals surface area contributed by atoms with Gasteiger partial charge in [-0.3, -0.25) is 4.79 Å². The molecule has 0 N–H and O–H groups in total. The first-order chi connectivity index (χ1) is 10.2. The molecule has 1 aliphatic rings. The molecular formula is C17H26N2O2. The number of rotatable bonds is 8. The van der Waals surface area contributed by atoms with Gasteiger partial charge in [-0.25, -0.2) is 0 Å². The number of hydrogen-bond acceptors (Lipinski definition) is 4. The van der Waals surface area contributed by atoms with Crippen molar-refractivity contribution in [3.63, 3.8) is 0 Å². The predicted octanol–water partition coefficient (Wildman–Crippen LogP) is 2.30. The highest BCUT2D eigenvalue weighted by atomic mass is 16.5. The average molecular weight is 290 g/mol. The number of carbonyl (C=O) groups excluding carboxylic acids is 1. The lowest BCUT2D eigenvalue weighted by molar-refractivity contribution is 0.101. The van der Waals surface area contributed by atoms with E-state index in [0.717, 1.165) is 19.6 Å². The number of benzene rings is 1. The van der Waals surface area contributed by atoms with E-state index in [2.05, 4.69) is 16.8 Å². The number of likely N-dealkylation sites (tertiary alicyclic amines) is 1.